The SMILES string of the molecule is Cc1cc(CNC(=O)c2ccc(N3CCN(CC4=C(c5ccc(Cl)cc5)CCC(C)(CCC(=O)COCCOCC(=O)N[C@H](C(=O)N5C[C@H](O)C[C@H]5C(=O)N[C@@H](C)c5ccc(-c6scnc6C)cc5)C(C)(C)C)C4)CC3)cc2)ccc1N[C@H](CCN1CCOCC1)CSc1ccccc1. The number of morpholine rings is 1. The number of rotatable bonds is 31. The van der Waals surface area contributed by atoms with Crippen molar-refractivity contribution < 1.29 is 43.3 Å². The van der Waals surface area contributed by atoms with Crippen molar-refractivity contribution in [2.45, 2.75) is 135 Å². The number of hydrogen-bond acceptors (Lipinski definition) is 16. The summed E-state index contributed by atoms with van der Waals surface area (Å²) in [5.74, 6) is -0.511. The number of ether oxygens (including phenoxy) is 3. The van der Waals surface area contributed by atoms with E-state index in [1.165, 1.54) is 26.5 Å². The summed E-state index contributed by atoms with van der Waals surface area (Å²) in [5, 5.41) is 24.3. The molecule has 0 radical (unpaired) electrons. The zero-order valence-corrected chi connectivity index (χ0v) is 61.0. The van der Waals surface area contributed by atoms with Crippen molar-refractivity contribution in [1.29, 1.82) is 0 Å². The third kappa shape index (κ3) is 21.5. The number of piperazine rings is 1. The van der Waals surface area contributed by atoms with Gasteiger partial charge in [-0.15, -0.1) is 23.1 Å². The Morgan fingerprint density at radius 2 is 1.55 bits per heavy atom. The number of thiazole rings is 1. The van der Waals surface area contributed by atoms with Crippen LogP contribution in [0, 0.1) is 24.7 Å². The normalized spacial score (nSPS) is 19.5. The second kappa shape index (κ2) is 35.6. The van der Waals surface area contributed by atoms with Crippen LogP contribution in [0.15, 0.2) is 137 Å². The average molecular weight is 1410 g/mol. The number of aliphatic hydroxyl groups is 1. The summed E-state index contributed by atoms with van der Waals surface area (Å²) in [6.07, 6.45) is 4.00. The highest BCUT2D eigenvalue weighted by atomic mass is 35.5. The van der Waals surface area contributed by atoms with E-state index in [4.69, 9.17) is 25.8 Å². The molecular formula is C78H100ClN9O9S2. The van der Waals surface area contributed by atoms with E-state index >= 15 is 0 Å². The lowest BCUT2D eigenvalue weighted by Gasteiger charge is -2.41. The number of benzene rings is 5. The largest absolute Gasteiger partial charge is 0.391 e. The van der Waals surface area contributed by atoms with E-state index in [-0.39, 0.29) is 74.5 Å². The minimum atomic E-state index is -1.01. The van der Waals surface area contributed by atoms with E-state index in [2.05, 4.69) is 128 Å². The van der Waals surface area contributed by atoms with Crippen LogP contribution in [0.1, 0.15) is 124 Å². The molecule has 4 amide bonds. The highest BCUT2D eigenvalue weighted by Crippen LogP contribution is 2.46. The fourth-order valence-corrected chi connectivity index (χ4v) is 15.6. The second-order valence-corrected chi connectivity index (χ2v) is 30.8. The second-order valence-electron chi connectivity index (χ2n) is 28.5. The molecule has 1 aliphatic carbocycles. The van der Waals surface area contributed by atoms with Crippen LogP contribution in [0.25, 0.3) is 16.0 Å². The van der Waals surface area contributed by atoms with Crippen LogP contribution >= 0.6 is 34.7 Å². The van der Waals surface area contributed by atoms with Gasteiger partial charge in [-0.05, 0) is 152 Å². The maximum atomic E-state index is 14.2. The van der Waals surface area contributed by atoms with E-state index in [0.717, 1.165) is 148 Å². The quantitative estimate of drug-likeness (QED) is 0.0203. The monoisotopic (exact) mass is 1410 g/mol. The van der Waals surface area contributed by atoms with Crippen molar-refractivity contribution in [1.82, 2.24) is 35.6 Å². The van der Waals surface area contributed by atoms with Gasteiger partial charge in [0.2, 0.25) is 17.7 Å². The van der Waals surface area contributed by atoms with Crippen molar-refractivity contribution in [3.05, 3.63) is 171 Å². The number of ketones is 1. The summed E-state index contributed by atoms with van der Waals surface area (Å²) in [6, 6.07) is 39.0. The summed E-state index contributed by atoms with van der Waals surface area (Å²) >= 11 is 9.83. The molecule has 21 heteroatoms. The van der Waals surface area contributed by atoms with Crippen molar-refractivity contribution in [3.8, 4) is 10.4 Å². The number of carbonyl (C=O) groups is 5. The third-order valence-corrected chi connectivity index (χ3v) is 22.1. The highest BCUT2D eigenvalue weighted by molar-refractivity contribution is 7.99. The minimum Gasteiger partial charge on any atom is -0.391 e. The topological polar surface area (TPSA) is 207 Å². The highest BCUT2D eigenvalue weighted by Gasteiger charge is 2.45. The Hall–Kier alpha value is -6.98. The smallest absolute Gasteiger partial charge is 0.251 e. The van der Waals surface area contributed by atoms with Crippen molar-refractivity contribution in [3.63, 3.8) is 0 Å². The number of aliphatic hydroxyl groups excluding tert-OH is 1. The lowest BCUT2D eigenvalue weighted by molar-refractivity contribution is -0.144. The lowest BCUT2D eigenvalue weighted by Crippen LogP contribution is -2.58. The molecular weight excluding hydrogens is 1310 g/mol. The Morgan fingerprint density at radius 3 is 2.23 bits per heavy atom. The average Bonchev–Trinajstić information content (AvgIpc) is 1.80. The van der Waals surface area contributed by atoms with Gasteiger partial charge in [-0.2, -0.15) is 0 Å². The Kier molecular flexibility index (Phi) is 26.8. The van der Waals surface area contributed by atoms with Gasteiger partial charge in [-0.3, -0.25) is 33.8 Å². The van der Waals surface area contributed by atoms with Crippen molar-refractivity contribution >= 4 is 81.1 Å². The Morgan fingerprint density at radius 1 is 0.838 bits per heavy atom. The number of aromatic nitrogens is 1. The number of amides is 4. The Labute approximate surface area is 598 Å². The first-order valence-electron chi connectivity index (χ1n) is 35.1. The van der Waals surface area contributed by atoms with Gasteiger partial charge < -0.3 is 50.4 Å². The number of nitrogens with one attached hydrogen (secondary N) is 4. The fourth-order valence-electron chi connectivity index (χ4n) is 13.7. The molecule has 1 unspecified atom stereocenters. The van der Waals surface area contributed by atoms with Gasteiger partial charge in [-0.1, -0.05) is 112 Å². The van der Waals surface area contributed by atoms with Crippen LogP contribution in [0.2, 0.25) is 5.02 Å². The number of allylic oxidation sites excluding steroid dienone is 1. The Bertz CT molecular complexity index is 3690. The van der Waals surface area contributed by atoms with Crippen LogP contribution in [-0.4, -0.2) is 183 Å². The molecule has 3 fully saturated rings. The lowest BCUT2D eigenvalue weighted by atomic mass is 9.69. The first-order valence-corrected chi connectivity index (χ1v) is 37.3. The Balaban J connectivity index is 0.638. The molecule has 530 valence electrons. The van der Waals surface area contributed by atoms with Crippen LogP contribution in [0.5, 0.6) is 0 Å². The molecule has 4 aliphatic rings. The molecule has 5 aromatic carbocycles. The number of aryl methyl sites for hydroxylation is 2. The summed E-state index contributed by atoms with van der Waals surface area (Å²) in [7, 11) is 0. The van der Waals surface area contributed by atoms with Gasteiger partial charge in [-0.25, -0.2) is 4.98 Å². The molecule has 10 rings (SSSR count). The van der Waals surface area contributed by atoms with E-state index in [1.807, 2.05) is 100 Å². The molecule has 3 aliphatic heterocycles. The minimum absolute atomic E-state index is 0.00261. The fraction of sp³-hybridized carbons (Fsp3) is 0.487. The van der Waals surface area contributed by atoms with Crippen LogP contribution in [-0.2, 0) is 39.9 Å². The summed E-state index contributed by atoms with van der Waals surface area (Å²) < 4.78 is 17.0. The number of carbonyl (C=O) groups excluding carboxylic acids is 5. The van der Waals surface area contributed by atoms with Gasteiger partial charge >= 0.3 is 0 Å². The van der Waals surface area contributed by atoms with Gasteiger partial charge in [0.1, 0.15) is 25.3 Å². The molecule has 6 aromatic rings. The predicted octanol–water partition coefficient (Wildman–Crippen LogP) is 11.8. The number of thioether (sulfide) groups is 1. The van der Waals surface area contributed by atoms with Crippen LogP contribution in [0.3, 0.4) is 0 Å². The standard InChI is InChI=1S/C78H100ClN9O9S2/c1-53-43-56(13-26-69(53)83-63(29-32-85-37-39-95-40-38-85)51-98-67-11-9-8-10-12-67)46-80-74(92)60-20-24-64(25-21-60)87-35-33-86(34-36-87)47-61-45-78(7,31-28-68(61)58-18-22-62(79)23-19-58)30-27-65(89)49-96-41-42-97-50-71(91)84-73(77(4,5)6)76(94)88-48-66(90)44-70(88)75(93)82-54(2)57-14-16-59(17-15-57)72-55(3)81-52-99-72/h8-26,43,52,54,63,66,70,73,83,90H,27-42,44-51H2,1-7H3,(H,80,92)(H,82,93)(H,84,91)/t54-,63+,66+,70-,73+,78?/m0/s1. The molecule has 0 saturated carbocycles. The first kappa shape index (κ1) is 74.7. The molecule has 1 aromatic heterocycles. The van der Waals surface area contributed by atoms with Crippen molar-refractivity contribution in [2.75, 3.05) is 115 Å². The molecule has 4 heterocycles. The van der Waals surface area contributed by atoms with E-state index in [9.17, 15) is 29.1 Å². The molecule has 5 N–H and O–H groups in total. The number of anilines is 2. The number of halogens is 1. The van der Waals surface area contributed by atoms with E-state index in [1.54, 1.807) is 11.3 Å². The van der Waals surface area contributed by atoms with E-state index in [0.29, 0.717) is 23.6 Å². The zero-order valence-electron chi connectivity index (χ0n) is 58.6. The third-order valence-electron chi connectivity index (χ3n) is 19.7. The van der Waals surface area contributed by atoms with Gasteiger partial charge in [0.05, 0.1) is 54.7 Å². The first-order chi connectivity index (χ1) is 47.6. The molecule has 3 saturated heterocycles. The number of hydrogen-bond donors (Lipinski definition) is 5. The molecule has 6 atom stereocenters. The molecule has 18 nitrogen and oxygen atoms in total. The maximum Gasteiger partial charge on any atom is 0.251 e. The van der Waals surface area contributed by atoms with Crippen LogP contribution in [0.4, 0.5) is 11.4 Å². The van der Waals surface area contributed by atoms with Crippen molar-refractivity contribution in [2.24, 2.45) is 10.8 Å². The number of Topliss-reactive ketones (excluding diaryl/α,β-unsaturated/α-hetero) is 1. The number of nitrogens with zero attached hydrogens (tertiary/aromatic N) is 5. The number of likely N-dealkylation sites (tertiary alicyclic amines) is 1. The molecule has 0 bridgehead atoms. The number of β-amino-alcohol motifs (C(OH)–C–C–N with tert-alkyl or cyclic N) is 1. The molecule has 0 spiro atoms. The van der Waals surface area contributed by atoms with E-state index < -0.39 is 35.4 Å². The van der Waals surface area contributed by atoms with Gasteiger partial charge in [0, 0.05) is 117 Å². The van der Waals surface area contributed by atoms with Crippen LogP contribution < -0.4 is 26.2 Å². The zero-order chi connectivity index (χ0) is 70.1. The summed E-state index contributed by atoms with van der Waals surface area (Å²) in [6.45, 7) is 22.8. The van der Waals surface area contributed by atoms with Gasteiger partial charge in [0.15, 0.2) is 5.78 Å². The summed E-state index contributed by atoms with van der Waals surface area (Å²) in [5.41, 5.74) is 12.8. The summed E-state index contributed by atoms with van der Waals surface area (Å²) in [4.78, 5) is 83.8. The van der Waals surface area contributed by atoms with Gasteiger partial charge in [0.25, 0.3) is 5.91 Å². The maximum absolute atomic E-state index is 14.2. The molecule has 99 heavy (non-hydrogen) atoms. The predicted molar refractivity (Wildman–Crippen MR) is 396 cm³/mol.